The van der Waals surface area contributed by atoms with Gasteiger partial charge in [0.05, 0.1) is 11.9 Å². The molecule has 0 bridgehead atoms. The Hall–Kier alpha value is -4.67. The number of anilines is 1. The van der Waals surface area contributed by atoms with Crippen LogP contribution in [0, 0.1) is 5.92 Å². The highest BCUT2D eigenvalue weighted by atomic mass is 32.2. The van der Waals surface area contributed by atoms with E-state index in [1.807, 2.05) is 91.0 Å². The van der Waals surface area contributed by atoms with Gasteiger partial charge in [0, 0.05) is 16.8 Å². The van der Waals surface area contributed by atoms with Crippen molar-refractivity contribution >= 4 is 41.2 Å². The lowest BCUT2D eigenvalue weighted by molar-refractivity contribution is -0.175. The summed E-state index contributed by atoms with van der Waals surface area (Å²) in [5.74, 6) is -3.41. The third kappa shape index (κ3) is 5.91. The molecular weight excluding hydrogens is 590 g/mol. The summed E-state index contributed by atoms with van der Waals surface area (Å²) in [7, 11) is 0. The molecule has 230 valence electrons. The van der Waals surface area contributed by atoms with Crippen LogP contribution in [-0.2, 0) is 28.7 Å². The van der Waals surface area contributed by atoms with Crippen molar-refractivity contribution in [1.82, 2.24) is 4.90 Å². The fourth-order valence-electron chi connectivity index (χ4n) is 5.54. The van der Waals surface area contributed by atoms with Crippen LogP contribution >= 0.6 is 11.8 Å². The van der Waals surface area contributed by atoms with E-state index >= 15 is 0 Å². The lowest BCUT2D eigenvalue weighted by atomic mass is 9.93. The van der Waals surface area contributed by atoms with Gasteiger partial charge in [-0.15, -0.1) is 11.8 Å². The van der Waals surface area contributed by atoms with E-state index in [1.54, 1.807) is 31.7 Å². The number of hydrogen-bond donors (Lipinski definition) is 1. The Labute approximate surface area is 265 Å². The van der Waals surface area contributed by atoms with Crippen LogP contribution in [0.15, 0.2) is 114 Å². The Morgan fingerprint density at radius 1 is 0.911 bits per heavy atom. The van der Waals surface area contributed by atoms with Crippen LogP contribution < -0.4 is 10.6 Å². The molecule has 0 saturated carbocycles. The molecule has 0 radical (unpaired) electrons. The molecular formula is C35H33N3O6S. The third-order valence-electron chi connectivity index (χ3n) is 7.68. The Bertz CT molecular complexity index is 1660. The number of carbonyl (C=O) groups excluding carboxylic acids is 4. The topological polar surface area (TPSA) is 119 Å². The van der Waals surface area contributed by atoms with E-state index in [0.29, 0.717) is 12.1 Å². The zero-order valence-electron chi connectivity index (χ0n) is 25.1. The van der Waals surface area contributed by atoms with Crippen LogP contribution in [-0.4, -0.2) is 51.5 Å². The van der Waals surface area contributed by atoms with Crippen LogP contribution in [0.4, 0.5) is 5.69 Å². The highest BCUT2D eigenvalue weighted by Crippen LogP contribution is 2.48. The first-order valence-corrected chi connectivity index (χ1v) is 15.6. The second-order valence-electron chi connectivity index (χ2n) is 12.0. The van der Waals surface area contributed by atoms with Crippen LogP contribution in [0.3, 0.4) is 0 Å². The number of esters is 2. The minimum Gasteiger partial charge on any atom is -0.459 e. The summed E-state index contributed by atoms with van der Waals surface area (Å²) in [5, 5.41) is -1.60. The molecule has 9 nitrogen and oxygen atoms in total. The third-order valence-corrected chi connectivity index (χ3v) is 8.99. The standard InChI is InChI=1S/C35H33N3O6S/c1-35(2,3)44-33(41)26-31(40)38-27(34(42)43-28(21-13-7-4-8-14-21)22-15-9-5-10-16-22)25(29(36)45-32(26)38)19-23-20-37(30(23)39)24-17-11-6-12-18-24/h4-19,26,28-29,32H,20,36H2,1-3H3/b23-19-/t26-,29?,32+/m0/s1. The van der Waals surface area contributed by atoms with Crippen molar-refractivity contribution in [3.63, 3.8) is 0 Å². The number of amides is 2. The molecule has 3 aliphatic heterocycles. The Balaban J connectivity index is 1.38. The number of fused-ring (bicyclic) bond motifs is 1. The molecule has 2 N–H and O–H groups in total. The smallest absolute Gasteiger partial charge is 0.356 e. The van der Waals surface area contributed by atoms with Gasteiger partial charge in [0.15, 0.2) is 12.0 Å². The molecule has 45 heavy (non-hydrogen) atoms. The molecule has 2 saturated heterocycles. The molecule has 3 aromatic carbocycles. The Morgan fingerprint density at radius 3 is 2.00 bits per heavy atom. The monoisotopic (exact) mass is 623 g/mol. The quantitative estimate of drug-likeness (QED) is 0.174. The van der Waals surface area contributed by atoms with Gasteiger partial charge < -0.3 is 20.1 Å². The number of thioether (sulfide) groups is 1. The number of benzene rings is 3. The minimum absolute atomic E-state index is 0.0774. The number of carbonyl (C=O) groups is 4. The zero-order chi connectivity index (χ0) is 31.9. The number of rotatable bonds is 7. The van der Waals surface area contributed by atoms with Gasteiger partial charge >= 0.3 is 11.9 Å². The molecule has 2 fully saturated rings. The molecule has 3 atom stereocenters. The first-order chi connectivity index (χ1) is 21.5. The highest BCUT2D eigenvalue weighted by Gasteiger charge is 2.59. The maximum Gasteiger partial charge on any atom is 0.356 e. The Kier molecular flexibility index (Phi) is 8.11. The van der Waals surface area contributed by atoms with Crippen molar-refractivity contribution in [1.29, 1.82) is 0 Å². The fourth-order valence-corrected chi connectivity index (χ4v) is 6.88. The molecule has 1 unspecified atom stereocenters. The lowest BCUT2D eigenvalue weighted by Crippen LogP contribution is -2.66. The average Bonchev–Trinajstić information content (AvgIpc) is 3.02. The lowest BCUT2D eigenvalue weighted by Gasteiger charge is -2.50. The summed E-state index contributed by atoms with van der Waals surface area (Å²) >= 11 is 1.17. The zero-order valence-corrected chi connectivity index (χ0v) is 25.9. The SMILES string of the molecule is CC(C)(C)OC(=O)[C@H]1C(=O)N2C(C(=O)OC(c3ccccc3)c3ccccc3)=C(/C=C3/CN(c4ccccc4)C3=O)C(N)S[C@H]12. The normalized spacial score (nSPS) is 22.2. The molecule has 3 aromatic rings. The largest absolute Gasteiger partial charge is 0.459 e. The van der Waals surface area contributed by atoms with Crippen molar-refractivity contribution in [2.24, 2.45) is 11.7 Å². The predicted octanol–water partition coefficient (Wildman–Crippen LogP) is 4.70. The maximum absolute atomic E-state index is 14.2. The number of β-lactam (4-membered cyclic amide) rings is 2. The minimum atomic E-state index is -1.13. The summed E-state index contributed by atoms with van der Waals surface area (Å²) in [6, 6.07) is 27.8. The molecule has 3 aliphatic rings. The average molecular weight is 624 g/mol. The summed E-state index contributed by atoms with van der Waals surface area (Å²) in [6.07, 6.45) is 0.794. The number of ether oxygens (including phenoxy) is 2. The molecule has 10 heteroatoms. The van der Waals surface area contributed by atoms with Gasteiger partial charge in [-0.2, -0.15) is 0 Å². The second-order valence-corrected chi connectivity index (χ2v) is 13.2. The molecule has 3 heterocycles. The maximum atomic E-state index is 14.2. The second kappa shape index (κ2) is 12.0. The van der Waals surface area contributed by atoms with Crippen LogP contribution in [0.1, 0.15) is 38.0 Å². The van der Waals surface area contributed by atoms with Gasteiger partial charge in [-0.3, -0.25) is 19.3 Å². The van der Waals surface area contributed by atoms with Gasteiger partial charge in [-0.25, -0.2) is 4.79 Å². The summed E-state index contributed by atoms with van der Waals surface area (Å²) in [6.45, 7) is 5.47. The van der Waals surface area contributed by atoms with Crippen molar-refractivity contribution in [3.8, 4) is 0 Å². The van der Waals surface area contributed by atoms with Crippen molar-refractivity contribution in [2.75, 3.05) is 11.4 Å². The van der Waals surface area contributed by atoms with Gasteiger partial charge in [0.2, 0.25) is 5.91 Å². The number of nitrogens with two attached hydrogens (primary N) is 1. The van der Waals surface area contributed by atoms with Gasteiger partial charge in [-0.1, -0.05) is 78.9 Å². The van der Waals surface area contributed by atoms with Crippen LogP contribution in [0.5, 0.6) is 0 Å². The Morgan fingerprint density at radius 2 is 1.47 bits per heavy atom. The predicted molar refractivity (Wildman–Crippen MR) is 170 cm³/mol. The van der Waals surface area contributed by atoms with Gasteiger partial charge in [0.25, 0.3) is 5.91 Å². The van der Waals surface area contributed by atoms with E-state index in [-0.39, 0.29) is 17.2 Å². The number of nitrogens with zero attached hydrogens (tertiary/aromatic N) is 2. The molecule has 2 amide bonds. The van der Waals surface area contributed by atoms with Crippen molar-refractivity contribution in [3.05, 3.63) is 125 Å². The van der Waals surface area contributed by atoms with Crippen LogP contribution in [0.2, 0.25) is 0 Å². The van der Waals surface area contributed by atoms with E-state index in [1.165, 1.54) is 16.7 Å². The summed E-state index contributed by atoms with van der Waals surface area (Å²) in [5.41, 5.74) is 8.70. The molecule has 6 rings (SSSR count). The van der Waals surface area contributed by atoms with E-state index in [2.05, 4.69) is 0 Å². The number of hydrogen-bond acceptors (Lipinski definition) is 8. The van der Waals surface area contributed by atoms with Crippen molar-refractivity contribution < 1.29 is 28.7 Å². The van der Waals surface area contributed by atoms with E-state index in [4.69, 9.17) is 15.2 Å². The summed E-state index contributed by atoms with van der Waals surface area (Å²) in [4.78, 5) is 57.0. The fraction of sp³-hybridized carbons (Fsp3) is 0.257. The first-order valence-electron chi connectivity index (χ1n) is 14.6. The van der Waals surface area contributed by atoms with Gasteiger partial charge in [0.1, 0.15) is 16.7 Å². The molecule has 0 spiro atoms. The van der Waals surface area contributed by atoms with E-state index in [0.717, 1.165) is 16.8 Å². The molecule has 0 aromatic heterocycles. The van der Waals surface area contributed by atoms with Gasteiger partial charge in [-0.05, 0) is 50.1 Å². The van der Waals surface area contributed by atoms with Crippen molar-refractivity contribution in [2.45, 2.75) is 43.2 Å². The van der Waals surface area contributed by atoms with Crippen LogP contribution in [0.25, 0.3) is 0 Å². The highest BCUT2D eigenvalue weighted by molar-refractivity contribution is 8.00. The van der Waals surface area contributed by atoms with E-state index < -0.39 is 46.2 Å². The first kappa shape index (κ1) is 30.4. The van der Waals surface area contributed by atoms with E-state index in [9.17, 15) is 19.2 Å². The number of para-hydroxylation sites is 1. The molecule has 0 aliphatic carbocycles. The summed E-state index contributed by atoms with van der Waals surface area (Å²) < 4.78 is 11.7.